The van der Waals surface area contributed by atoms with Gasteiger partial charge in [-0.2, -0.15) is 0 Å². The Bertz CT molecular complexity index is 1290. The first-order chi connectivity index (χ1) is 17.0. The number of carboxylic acid groups (broad SMARTS) is 1. The van der Waals surface area contributed by atoms with Crippen LogP contribution in [0.4, 0.5) is 4.39 Å². The van der Waals surface area contributed by atoms with E-state index in [9.17, 15) is 19.1 Å². The predicted molar refractivity (Wildman–Crippen MR) is 140 cm³/mol. The van der Waals surface area contributed by atoms with Crippen LogP contribution in [0.1, 0.15) is 59.3 Å². The molecule has 0 saturated carbocycles. The number of ether oxygens (including phenoxy) is 1. The summed E-state index contributed by atoms with van der Waals surface area (Å²) in [6.45, 7) is 5.70. The SMILES string of the molecule is CC(C)c1ccc(C[C@]2(C)Cc3cc(C(=O)N(CC(=O)O)Cc4ccc(Br)cc4F)ccc3O2)cc1. The molecule has 1 N–H and O–H groups in total. The second kappa shape index (κ2) is 10.4. The average molecular weight is 554 g/mol. The number of halogens is 2. The first kappa shape index (κ1) is 25.9. The molecular weight excluding hydrogens is 525 g/mol. The zero-order chi connectivity index (χ0) is 26.0. The number of hydrogen-bond donors (Lipinski definition) is 1. The Hall–Kier alpha value is -3.19. The van der Waals surface area contributed by atoms with E-state index in [0.717, 1.165) is 22.6 Å². The van der Waals surface area contributed by atoms with Gasteiger partial charge in [-0.05, 0) is 59.9 Å². The van der Waals surface area contributed by atoms with Gasteiger partial charge in [0, 0.05) is 35.0 Å². The van der Waals surface area contributed by atoms with Crippen molar-refractivity contribution in [3.8, 4) is 5.75 Å². The molecule has 0 fully saturated rings. The lowest BCUT2D eigenvalue weighted by atomic mass is 9.90. The fraction of sp³-hybridized carbons (Fsp3) is 0.310. The zero-order valence-corrected chi connectivity index (χ0v) is 22.1. The van der Waals surface area contributed by atoms with Gasteiger partial charge in [-0.25, -0.2) is 4.39 Å². The minimum atomic E-state index is -1.17. The van der Waals surface area contributed by atoms with Gasteiger partial charge in [-0.15, -0.1) is 0 Å². The van der Waals surface area contributed by atoms with Crippen LogP contribution in [-0.2, 0) is 24.2 Å². The number of aliphatic carboxylic acids is 1. The number of amides is 1. The van der Waals surface area contributed by atoms with Crippen LogP contribution in [0.15, 0.2) is 65.1 Å². The maximum atomic E-state index is 14.4. The Morgan fingerprint density at radius 2 is 1.83 bits per heavy atom. The quantitative estimate of drug-likeness (QED) is 0.351. The predicted octanol–water partition coefficient (Wildman–Crippen LogP) is 6.37. The Morgan fingerprint density at radius 1 is 1.11 bits per heavy atom. The molecule has 0 unspecified atom stereocenters. The third-order valence-corrected chi connectivity index (χ3v) is 6.94. The zero-order valence-electron chi connectivity index (χ0n) is 20.6. The summed E-state index contributed by atoms with van der Waals surface area (Å²) in [7, 11) is 0. The highest BCUT2D eigenvalue weighted by Crippen LogP contribution is 2.38. The smallest absolute Gasteiger partial charge is 0.323 e. The number of carbonyl (C=O) groups is 2. The van der Waals surface area contributed by atoms with Crippen LogP contribution >= 0.6 is 15.9 Å². The molecule has 0 aromatic heterocycles. The molecule has 0 spiro atoms. The van der Waals surface area contributed by atoms with Crippen molar-refractivity contribution in [1.82, 2.24) is 4.90 Å². The van der Waals surface area contributed by atoms with E-state index in [0.29, 0.717) is 22.4 Å². The van der Waals surface area contributed by atoms with Crippen LogP contribution in [0.25, 0.3) is 0 Å². The number of nitrogens with zero attached hydrogens (tertiary/aromatic N) is 1. The van der Waals surface area contributed by atoms with E-state index in [1.165, 1.54) is 23.3 Å². The summed E-state index contributed by atoms with van der Waals surface area (Å²) in [6.07, 6.45) is 1.34. The Balaban J connectivity index is 1.52. The highest BCUT2D eigenvalue weighted by Gasteiger charge is 2.35. The summed E-state index contributed by atoms with van der Waals surface area (Å²) in [6, 6.07) is 18.2. The van der Waals surface area contributed by atoms with Gasteiger partial charge in [0.15, 0.2) is 0 Å². The molecule has 36 heavy (non-hydrogen) atoms. The van der Waals surface area contributed by atoms with Crippen LogP contribution in [0, 0.1) is 5.82 Å². The maximum Gasteiger partial charge on any atom is 0.323 e. The van der Waals surface area contributed by atoms with Gasteiger partial charge < -0.3 is 14.7 Å². The van der Waals surface area contributed by atoms with Crippen molar-refractivity contribution in [2.45, 2.75) is 51.7 Å². The lowest BCUT2D eigenvalue weighted by Gasteiger charge is -2.24. The second-order valence-electron chi connectivity index (χ2n) is 9.91. The minimum Gasteiger partial charge on any atom is -0.487 e. The third-order valence-electron chi connectivity index (χ3n) is 6.44. The normalized spacial score (nSPS) is 16.5. The van der Waals surface area contributed by atoms with Gasteiger partial charge >= 0.3 is 5.97 Å². The minimum absolute atomic E-state index is 0.151. The van der Waals surface area contributed by atoms with Gasteiger partial charge in [0.1, 0.15) is 23.7 Å². The van der Waals surface area contributed by atoms with E-state index < -0.39 is 29.8 Å². The van der Waals surface area contributed by atoms with Gasteiger partial charge in [0.25, 0.3) is 5.91 Å². The summed E-state index contributed by atoms with van der Waals surface area (Å²) in [4.78, 5) is 25.9. The molecule has 1 aliphatic rings. The number of rotatable bonds is 8. The maximum absolute atomic E-state index is 14.4. The molecule has 7 heteroatoms. The van der Waals surface area contributed by atoms with Crippen molar-refractivity contribution in [2.24, 2.45) is 0 Å². The number of carbonyl (C=O) groups excluding carboxylic acids is 1. The van der Waals surface area contributed by atoms with E-state index in [1.807, 2.05) is 0 Å². The third kappa shape index (κ3) is 5.95. The molecule has 0 saturated heterocycles. The van der Waals surface area contributed by atoms with Crippen molar-refractivity contribution in [1.29, 1.82) is 0 Å². The van der Waals surface area contributed by atoms with Gasteiger partial charge in [-0.3, -0.25) is 9.59 Å². The van der Waals surface area contributed by atoms with E-state index in [1.54, 1.807) is 24.3 Å². The van der Waals surface area contributed by atoms with Gasteiger partial charge in [0.05, 0.1) is 0 Å². The van der Waals surface area contributed by atoms with Crippen molar-refractivity contribution in [2.75, 3.05) is 6.54 Å². The standard InChI is InChI=1S/C29H29BrFNO4/c1-18(2)20-6-4-19(5-7-20)14-29(3)15-23-12-21(9-11-26(23)36-29)28(35)32(17-27(33)34)16-22-8-10-24(30)13-25(22)31/h4-13,18H,14-17H2,1-3H3,(H,33,34)/t29-/m1/s1. The highest BCUT2D eigenvalue weighted by atomic mass is 79.9. The van der Waals surface area contributed by atoms with E-state index >= 15 is 0 Å². The average Bonchev–Trinajstić information content (AvgIpc) is 3.14. The Kier molecular flexibility index (Phi) is 7.50. The molecule has 1 atom stereocenters. The molecular formula is C29H29BrFNO4. The van der Waals surface area contributed by atoms with Gasteiger partial charge in [0.2, 0.25) is 0 Å². The molecule has 0 radical (unpaired) electrons. The Morgan fingerprint density at radius 3 is 2.47 bits per heavy atom. The molecule has 1 aliphatic heterocycles. The molecule has 3 aromatic carbocycles. The lowest BCUT2D eigenvalue weighted by Crippen LogP contribution is -2.35. The molecule has 188 valence electrons. The van der Waals surface area contributed by atoms with Crippen LogP contribution in [-0.4, -0.2) is 34.0 Å². The largest absolute Gasteiger partial charge is 0.487 e. The molecule has 1 heterocycles. The second-order valence-corrected chi connectivity index (χ2v) is 10.8. The van der Waals surface area contributed by atoms with Crippen LogP contribution in [0.2, 0.25) is 0 Å². The monoisotopic (exact) mass is 553 g/mol. The summed E-state index contributed by atoms with van der Waals surface area (Å²) < 4.78 is 21.2. The number of hydrogen-bond acceptors (Lipinski definition) is 3. The molecule has 1 amide bonds. The summed E-state index contributed by atoms with van der Waals surface area (Å²) in [5, 5.41) is 9.37. The molecule has 0 bridgehead atoms. The fourth-order valence-corrected chi connectivity index (χ4v) is 4.94. The lowest BCUT2D eigenvalue weighted by molar-refractivity contribution is -0.137. The van der Waals surface area contributed by atoms with Crippen molar-refractivity contribution in [3.05, 3.63) is 98.8 Å². The molecule has 3 aromatic rings. The fourth-order valence-electron chi connectivity index (χ4n) is 4.61. The van der Waals surface area contributed by atoms with E-state index in [-0.39, 0.29) is 12.1 Å². The Labute approximate surface area is 219 Å². The summed E-state index contributed by atoms with van der Waals surface area (Å²) >= 11 is 3.21. The van der Waals surface area contributed by atoms with Crippen molar-refractivity contribution in [3.63, 3.8) is 0 Å². The summed E-state index contributed by atoms with van der Waals surface area (Å²) in [5.41, 5.74) is 3.50. The van der Waals surface area contributed by atoms with E-state index in [2.05, 4.69) is 61.0 Å². The summed E-state index contributed by atoms with van der Waals surface area (Å²) in [5.74, 6) is -0.955. The highest BCUT2D eigenvalue weighted by molar-refractivity contribution is 9.10. The first-order valence-corrected chi connectivity index (χ1v) is 12.7. The topological polar surface area (TPSA) is 66.8 Å². The van der Waals surface area contributed by atoms with Crippen molar-refractivity contribution >= 4 is 27.8 Å². The molecule has 0 aliphatic carbocycles. The molecule has 5 nitrogen and oxygen atoms in total. The number of carboxylic acids is 1. The number of fused-ring (bicyclic) bond motifs is 1. The van der Waals surface area contributed by atoms with Crippen LogP contribution < -0.4 is 4.74 Å². The number of benzene rings is 3. The van der Waals surface area contributed by atoms with Crippen LogP contribution in [0.3, 0.4) is 0 Å². The first-order valence-electron chi connectivity index (χ1n) is 11.9. The van der Waals surface area contributed by atoms with Crippen molar-refractivity contribution < 1.29 is 23.8 Å². The van der Waals surface area contributed by atoms with E-state index in [4.69, 9.17) is 4.74 Å². The van der Waals surface area contributed by atoms with Gasteiger partial charge in [-0.1, -0.05) is 60.1 Å². The van der Waals surface area contributed by atoms with Crippen LogP contribution in [0.5, 0.6) is 5.75 Å². The molecule has 4 rings (SSSR count).